The fourth-order valence-electron chi connectivity index (χ4n) is 4.54. The molecule has 4 rings (SSSR count). The molecule has 0 saturated carbocycles. The van der Waals surface area contributed by atoms with Gasteiger partial charge in [0.25, 0.3) is 25.2 Å². The largest absolute Gasteiger partial charge is 0.286 e. The lowest BCUT2D eigenvalue weighted by molar-refractivity contribution is -0.668. The summed E-state index contributed by atoms with van der Waals surface area (Å²) in [7, 11) is -8.13. The van der Waals surface area contributed by atoms with Crippen LogP contribution in [0.2, 0.25) is 10.0 Å². The molecule has 3 aromatic rings. The number of allylic oxidation sites excluding steroid dienone is 3. The van der Waals surface area contributed by atoms with Gasteiger partial charge in [-0.3, -0.25) is 9.11 Å². The molecule has 2 aromatic carbocycles. The Kier molecular flexibility index (Phi) is 9.86. The van der Waals surface area contributed by atoms with Crippen molar-refractivity contribution in [1.82, 2.24) is 0 Å². The number of thiazole rings is 1. The van der Waals surface area contributed by atoms with E-state index in [1.54, 1.807) is 23.1 Å². The lowest BCUT2D eigenvalue weighted by Gasteiger charge is -2.13. The number of halogens is 2. The maximum atomic E-state index is 11.3. The van der Waals surface area contributed by atoms with Gasteiger partial charge in [-0.25, -0.2) is 0 Å². The zero-order valence-corrected chi connectivity index (χ0v) is 25.8. The molecular weight excluding hydrogens is 621 g/mol. The average Bonchev–Trinajstić information content (AvgIpc) is 3.34. The number of hydrogen-bond acceptors (Lipinski definition) is 6. The Bertz CT molecular complexity index is 1660. The number of thioether (sulfide) groups is 1. The number of benzene rings is 2. The summed E-state index contributed by atoms with van der Waals surface area (Å²) in [4.78, 5) is 2.13. The molecule has 1 aromatic heterocycles. The van der Waals surface area contributed by atoms with Gasteiger partial charge in [0, 0.05) is 39.4 Å². The first-order valence-electron chi connectivity index (χ1n) is 12.2. The normalized spacial score (nSPS) is 17.3. The molecule has 1 atom stereocenters. The lowest BCUT2D eigenvalue weighted by atomic mass is 9.93. The van der Waals surface area contributed by atoms with Crippen LogP contribution in [0.4, 0.5) is 0 Å². The smallest absolute Gasteiger partial charge is 0.265 e. The van der Waals surface area contributed by atoms with Crippen molar-refractivity contribution in [3.8, 4) is 0 Å². The van der Waals surface area contributed by atoms with E-state index in [9.17, 15) is 25.9 Å². The molecular formula is C26H28Cl2NO6S4+. The van der Waals surface area contributed by atoms with E-state index in [1.165, 1.54) is 0 Å². The summed E-state index contributed by atoms with van der Waals surface area (Å²) in [6, 6.07) is 11.3. The Labute approximate surface area is 247 Å². The Balaban J connectivity index is 1.71. The molecule has 2 N–H and O–H groups in total. The van der Waals surface area contributed by atoms with Gasteiger partial charge in [-0.2, -0.15) is 21.4 Å². The van der Waals surface area contributed by atoms with E-state index < -0.39 is 20.2 Å². The molecule has 2 heterocycles. The molecule has 1 aliphatic rings. The predicted octanol–water partition coefficient (Wildman–Crippen LogP) is 7.01. The number of hydrogen-bond donors (Lipinski definition) is 2. The van der Waals surface area contributed by atoms with Crippen molar-refractivity contribution in [3.63, 3.8) is 0 Å². The van der Waals surface area contributed by atoms with Crippen LogP contribution in [0.15, 0.2) is 57.8 Å². The lowest BCUT2D eigenvalue weighted by Crippen LogP contribution is -2.36. The summed E-state index contributed by atoms with van der Waals surface area (Å²) in [5, 5.41) is 2.10. The van der Waals surface area contributed by atoms with Crippen molar-refractivity contribution in [3.05, 3.63) is 73.6 Å². The van der Waals surface area contributed by atoms with Gasteiger partial charge in [-0.05, 0) is 71.7 Å². The molecule has 0 bridgehead atoms. The third kappa shape index (κ3) is 8.29. The Morgan fingerprint density at radius 1 is 1.00 bits per heavy atom. The van der Waals surface area contributed by atoms with Crippen LogP contribution in [0.5, 0.6) is 0 Å². The third-order valence-electron chi connectivity index (χ3n) is 6.33. The van der Waals surface area contributed by atoms with Crippen molar-refractivity contribution in [2.24, 2.45) is 0 Å². The topological polar surface area (TPSA) is 113 Å². The highest BCUT2D eigenvalue weighted by Crippen LogP contribution is 2.51. The van der Waals surface area contributed by atoms with Crippen molar-refractivity contribution in [2.75, 3.05) is 11.5 Å². The van der Waals surface area contributed by atoms with Crippen molar-refractivity contribution in [2.45, 2.75) is 50.0 Å². The third-order valence-corrected chi connectivity index (χ3v) is 10.8. The zero-order chi connectivity index (χ0) is 28.4. The summed E-state index contributed by atoms with van der Waals surface area (Å²) >= 11 is 15.7. The van der Waals surface area contributed by atoms with Crippen LogP contribution in [0, 0.1) is 0 Å². The molecule has 13 heteroatoms. The molecule has 7 nitrogen and oxygen atoms in total. The second-order valence-electron chi connectivity index (χ2n) is 9.23. The highest BCUT2D eigenvalue weighted by atomic mass is 35.5. The summed E-state index contributed by atoms with van der Waals surface area (Å²) in [5.74, 6) is -0.695. The standard InChI is InChI=1S/C26H27Cl2NO6S4/c1-2-17(13-25-20(5-3-11-38(30,31)32)21-15-18(27)6-8-23(21)36-25)14-26-29(10-4-12-39(33,34)35)22-16-19(28)7-9-24(22)37-26/h6-9,13-16,20H,2-5,10-12H2,1H3,(H-,30,31,32,33,34,35)/p+1/b17-14-,25-13+. The van der Waals surface area contributed by atoms with Gasteiger partial charge in [0.2, 0.25) is 5.52 Å². The Hall–Kier alpha value is -1.44. The second kappa shape index (κ2) is 12.6. The maximum absolute atomic E-state index is 11.3. The van der Waals surface area contributed by atoms with Crippen LogP contribution in [-0.2, 0) is 26.8 Å². The first-order valence-corrected chi connectivity index (χ1v) is 17.9. The van der Waals surface area contributed by atoms with Gasteiger partial charge >= 0.3 is 0 Å². The summed E-state index contributed by atoms with van der Waals surface area (Å²) < 4.78 is 66.7. The van der Waals surface area contributed by atoms with E-state index >= 15 is 0 Å². The molecule has 1 unspecified atom stereocenters. The quantitative estimate of drug-likeness (QED) is 0.170. The van der Waals surface area contributed by atoms with Crippen LogP contribution in [0.25, 0.3) is 16.3 Å². The molecule has 210 valence electrons. The van der Waals surface area contributed by atoms with Crippen LogP contribution in [0.3, 0.4) is 0 Å². The van der Waals surface area contributed by atoms with Gasteiger partial charge in [0.1, 0.15) is 4.70 Å². The Morgan fingerprint density at radius 2 is 1.67 bits per heavy atom. The maximum Gasteiger partial charge on any atom is 0.265 e. The van der Waals surface area contributed by atoms with Gasteiger partial charge in [0.15, 0.2) is 6.54 Å². The van der Waals surface area contributed by atoms with Gasteiger partial charge in [0.05, 0.1) is 11.5 Å². The van der Waals surface area contributed by atoms with E-state index in [0.29, 0.717) is 29.4 Å². The molecule has 0 spiro atoms. The second-order valence-corrected chi connectivity index (χ2v) is 15.4. The predicted molar refractivity (Wildman–Crippen MR) is 160 cm³/mol. The van der Waals surface area contributed by atoms with Crippen LogP contribution in [-0.4, -0.2) is 37.4 Å². The van der Waals surface area contributed by atoms with E-state index in [-0.39, 0.29) is 23.8 Å². The van der Waals surface area contributed by atoms with Gasteiger partial charge in [-0.1, -0.05) is 53.2 Å². The number of fused-ring (bicyclic) bond motifs is 2. The van der Waals surface area contributed by atoms with Crippen LogP contribution in [0.1, 0.15) is 49.1 Å². The number of aryl methyl sites for hydroxylation is 1. The van der Waals surface area contributed by atoms with Crippen LogP contribution >= 0.6 is 46.3 Å². The summed E-state index contributed by atoms with van der Waals surface area (Å²) in [5.41, 5.74) is 2.97. The highest BCUT2D eigenvalue weighted by Gasteiger charge is 2.29. The van der Waals surface area contributed by atoms with Crippen LogP contribution < -0.4 is 4.57 Å². The summed E-state index contributed by atoms with van der Waals surface area (Å²) in [6.07, 6.45) is 6.01. The molecule has 39 heavy (non-hydrogen) atoms. The minimum atomic E-state index is -4.07. The van der Waals surface area contributed by atoms with Crippen molar-refractivity contribution in [1.29, 1.82) is 0 Å². The molecule has 0 fully saturated rings. The van der Waals surface area contributed by atoms with Gasteiger partial charge < -0.3 is 0 Å². The van der Waals surface area contributed by atoms with E-state index in [0.717, 1.165) is 42.6 Å². The molecule has 0 radical (unpaired) electrons. The van der Waals surface area contributed by atoms with E-state index in [4.69, 9.17) is 23.2 Å². The van der Waals surface area contributed by atoms with Crippen molar-refractivity contribution >= 4 is 82.8 Å². The Morgan fingerprint density at radius 3 is 2.36 bits per heavy atom. The molecule has 0 aliphatic carbocycles. The average molecular weight is 650 g/mol. The number of aromatic nitrogens is 1. The first kappa shape index (κ1) is 30.5. The minimum absolute atomic E-state index is 0.0523. The number of nitrogens with zero attached hydrogens (tertiary/aromatic N) is 1. The molecule has 1 aliphatic heterocycles. The fraction of sp³-hybridized carbons (Fsp3) is 0.346. The monoisotopic (exact) mass is 648 g/mol. The SMILES string of the molecule is CCC(=C/c1sc2ccc(Cl)cc2[n+]1CCCS(=O)(=O)O)/C=C1/Sc2ccc(Cl)cc2C1CCCS(=O)(=O)O. The van der Waals surface area contributed by atoms with Crippen molar-refractivity contribution < 1.29 is 30.5 Å². The molecule has 0 saturated heterocycles. The summed E-state index contributed by atoms with van der Waals surface area (Å²) in [6.45, 7) is 2.43. The first-order chi connectivity index (χ1) is 18.3. The minimum Gasteiger partial charge on any atom is -0.286 e. The number of rotatable bonds is 11. The zero-order valence-electron chi connectivity index (χ0n) is 21.0. The fourth-order valence-corrected chi connectivity index (χ4v) is 8.36. The van der Waals surface area contributed by atoms with Gasteiger partial charge in [-0.15, -0.1) is 0 Å². The van der Waals surface area contributed by atoms with E-state index in [1.807, 2.05) is 47.9 Å². The highest BCUT2D eigenvalue weighted by molar-refractivity contribution is 8.03. The molecule has 0 amide bonds. The van der Waals surface area contributed by atoms with E-state index in [2.05, 4.69) is 12.2 Å².